The van der Waals surface area contributed by atoms with Crippen molar-refractivity contribution >= 4 is 0 Å². The van der Waals surface area contributed by atoms with Crippen LogP contribution in [0.3, 0.4) is 0 Å². The standard InChI is InChI=1S/C26H44.C4H10.C3H8.C2H6/c1-18(2)9-10-19(3)22-13-14-23-21-12-11-20-8-6-7-16-25(20,4)24(21)15-17-26(22,23)5;1-3-4-2;1-3-2;1-2/h19-24H,1,6-17H2,2-5H3;3-4H2,1-2H3;3H2,1-2H3;1-2H3. The summed E-state index contributed by atoms with van der Waals surface area (Å²) in [5.74, 6) is 6.09. The summed E-state index contributed by atoms with van der Waals surface area (Å²) >= 11 is 0. The minimum atomic E-state index is 0.646. The molecule has 208 valence electrons. The number of hydrogen-bond donors (Lipinski definition) is 0. The molecular formula is C35H68. The van der Waals surface area contributed by atoms with Crippen LogP contribution in [0, 0.1) is 46.3 Å². The SMILES string of the molecule is C=C(C)CCC(C)C1CCC2C3CCC4CCCCC4(C)C3CCC12C.CC.CCC.CCCC. The maximum absolute atomic E-state index is 4.15. The van der Waals surface area contributed by atoms with Gasteiger partial charge in [0.2, 0.25) is 0 Å². The van der Waals surface area contributed by atoms with Crippen molar-refractivity contribution < 1.29 is 0 Å². The molecule has 0 spiro atoms. The highest BCUT2D eigenvalue weighted by atomic mass is 14.6. The summed E-state index contributed by atoms with van der Waals surface area (Å²) in [6.45, 7) is 27.0. The average Bonchev–Trinajstić information content (AvgIpc) is 3.21. The molecule has 0 bridgehead atoms. The quantitative estimate of drug-likeness (QED) is 0.337. The maximum atomic E-state index is 4.15. The molecule has 0 heterocycles. The predicted molar refractivity (Wildman–Crippen MR) is 161 cm³/mol. The Morgan fingerprint density at radius 1 is 0.800 bits per heavy atom. The van der Waals surface area contributed by atoms with Gasteiger partial charge in [-0.25, -0.2) is 0 Å². The molecule has 0 saturated heterocycles. The lowest BCUT2D eigenvalue weighted by Gasteiger charge is -2.61. The van der Waals surface area contributed by atoms with Crippen molar-refractivity contribution in [3.8, 4) is 0 Å². The fourth-order valence-corrected chi connectivity index (χ4v) is 8.95. The molecule has 0 heteroatoms. The summed E-state index contributed by atoms with van der Waals surface area (Å²) < 4.78 is 0. The summed E-state index contributed by atoms with van der Waals surface area (Å²) in [4.78, 5) is 0. The van der Waals surface area contributed by atoms with Gasteiger partial charge in [0, 0.05) is 0 Å². The topological polar surface area (TPSA) is 0 Å². The highest BCUT2D eigenvalue weighted by Gasteiger charge is 2.59. The van der Waals surface area contributed by atoms with Gasteiger partial charge in [0.25, 0.3) is 0 Å². The number of unbranched alkanes of at least 4 members (excludes halogenated alkanes) is 1. The van der Waals surface area contributed by atoms with Crippen LogP contribution in [0.4, 0.5) is 0 Å². The van der Waals surface area contributed by atoms with E-state index in [2.05, 4.69) is 62.0 Å². The van der Waals surface area contributed by atoms with Crippen LogP contribution in [-0.4, -0.2) is 0 Å². The zero-order valence-electron chi connectivity index (χ0n) is 26.3. The molecule has 8 atom stereocenters. The van der Waals surface area contributed by atoms with E-state index >= 15 is 0 Å². The third-order valence-corrected chi connectivity index (χ3v) is 10.9. The fraction of sp³-hybridized carbons (Fsp3) is 0.943. The van der Waals surface area contributed by atoms with Crippen molar-refractivity contribution in [3.63, 3.8) is 0 Å². The van der Waals surface area contributed by atoms with Gasteiger partial charge in [-0.2, -0.15) is 0 Å². The molecule has 4 saturated carbocycles. The molecule has 8 unspecified atom stereocenters. The van der Waals surface area contributed by atoms with Gasteiger partial charge >= 0.3 is 0 Å². The number of allylic oxidation sites excluding steroid dienone is 1. The predicted octanol–water partition coefficient (Wildman–Crippen LogP) is 12.3. The Hall–Kier alpha value is -0.260. The van der Waals surface area contributed by atoms with Crippen LogP contribution >= 0.6 is 0 Å². The maximum Gasteiger partial charge on any atom is -0.0264 e. The Morgan fingerprint density at radius 2 is 1.40 bits per heavy atom. The van der Waals surface area contributed by atoms with E-state index in [1.54, 1.807) is 38.5 Å². The van der Waals surface area contributed by atoms with Gasteiger partial charge in [0.15, 0.2) is 0 Å². The average molecular weight is 489 g/mol. The van der Waals surface area contributed by atoms with Crippen LogP contribution in [-0.2, 0) is 0 Å². The second-order valence-electron chi connectivity index (χ2n) is 13.3. The zero-order chi connectivity index (χ0) is 26.6. The Labute approximate surface area is 223 Å². The first-order chi connectivity index (χ1) is 16.7. The molecule has 35 heavy (non-hydrogen) atoms. The van der Waals surface area contributed by atoms with Gasteiger partial charge in [0.1, 0.15) is 0 Å². The van der Waals surface area contributed by atoms with Crippen molar-refractivity contribution in [2.24, 2.45) is 46.3 Å². The van der Waals surface area contributed by atoms with Gasteiger partial charge in [-0.05, 0) is 117 Å². The Bertz CT molecular complexity index is 573. The molecule has 0 aromatic rings. The van der Waals surface area contributed by atoms with Crippen molar-refractivity contribution in [3.05, 3.63) is 12.2 Å². The van der Waals surface area contributed by atoms with E-state index in [1.807, 2.05) is 13.8 Å². The van der Waals surface area contributed by atoms with Crippen LogP contribution in [0.15, 0.2) is 12.2 Å². The van der Waals surface area contributed by atoms with Crippen LogP contribution in [0.2, 0.25) is 0 Å². The third kappa shape index (κ3) is 7.87. The largest absolute Gasteiger partial charge is 0.100 e. The Morgan fingerprint density at radius 3 is 1.97 bits per heavy atom. The van der Waals surface area contributed by atoms with Crippen LogP contribution in [0.5, 0.6) is 0 Å². The molecule has 0 nitrogen and oxygen atoms in total. The summed E-state index contributed by atoms with van der Waals surface area (Å²) in [5.41, 5.74) is 2.73. The summed E-state index contributed by atoms with van der Waals surface area (Å²) in [6.07, 6.45) is 21.9. The third-order valence-electron chi connectivity index (χ3n) is 10.9. The van der Waals surface area contributed by atoms with E-state index in [0.717, 1.165) is 35.5 Å². The number of rotatable bonds is 5. The highest BCUT2D eigenvalue weighted by molar-refractivity contribution is 5.09. The molecule has 0 amide bonds. The van der Waals surface area contributed by atoms with E-state index in [1.165, 1.54) is 63.4 Å². The van der Waals surface area contributed by atoms with Gasteiger partial charge in [-0.3, -0.25) is 0 Å². The van der Waals surface area contributed by atoms with Crippen LogP contribution in [0.25, 0.3) is 0 Å². The van der Waals surface area contributed by atoms with Gasteiger partial charge in [-0.1, -0.05) is 100.0 Å². The smallest absolute Gasteiger partial charge is 0.0264 e. The molecule has 4 fully saturated rings. The molecule has 0 radical (unpaired) electrons. The van der Waals surface area contributed by atoms with Crippen molar-refractivity contribution in [1.82, 2.24) is 0 Å². The Kier molecular flexibility index (Phi) is 14.9. The molecule has 0 aromatic carbocycles. The van der Waals surface area contributed by atoms with Crippen LogP contribution < -0.4 is 0 Å². The van der Waals surface area contributed by atoms with Crippen LogP contribution in [0.1, 0.15) is 166 Å². The molecule has 4 aliphatic carbocycles. The highest BCUT2D eigenvalue weighted by Crippen LogP contribution is 2.68. The molecule has 0 aromatic heterocycles. The second kappa shape index (κ2) is 15.9. The van der Waals surface area contributed by atoms with Crippen molar-refractivity contribution in [1.29, 1.82) is 0 Å². The molecule has 4 rings (SSSR count). The Balaban J connectivity index is 0.000000597. The van der Waals surface area contributed by atoms with Gasteiger partial charge in [0.05, 0.1) is 0 Å². The van der Waals surface area contributed by atoms with E-state index in [-0.39, 0.29) is 0 Å². The lowest BCUT2D eigenvalue weighted by molar-refractivity contribution is -0.114. The number of hydrogen-bond acceptors (Lipinski definition) is 0. The van der Waals surface area contributed by atoms with E-state index in [4.69, 9.17) is 0 Å². The normalized spacial score (nSPS) is 37.9. The molecule has 4 aliphatic rings. The second-order valence-corrected chi connectivity index (χ2v) is 13.3. The molecule has 0 N–H and O–H groups in total. The van der Waals surface area contributed by atoms with Gasteiger partial charge in [-0.15, -0.1) is 6.58 Å². The number of fused-ring (bicyclic) bond motifs is 5. The van der Waals surface area contributed by atoms with E-state index in [9.17, 15) is 0 Å². The first-order valence-electron chi connectivity index (χ1n) is 16.3. The van der Waals surface area contributed by atoms with Crippen molar-refractivity contribution in [2.75, 3.05) is 0 Å². The monoisotopic (exact) mass is 489 g/mol. The summed E-state index contributed by atoms with van der Waals surface area (Å²) in [5, 5.41) is 0. The van der Waals surface area contributed by atoms with Crippen molar-refractivity contribution in [2.45, 2.75) is 166 Å². The minimum absolute atomic E-state index is 0.646. The van der Waals surface area contributed by atoms with E-state index in [0.29, 0.717) is 10.8 Å². The molecular weight excluding hydrogens is 420 g/mol. The first kappa shape index (κ1) is 32.8. The first-order valence-corrected chi connectivity index (χ1v) is 16.3. The van der Waals surface area contributed by atoms with E-state index < -0.39 is 0 Å². The minimum Gasteiger partial charge on any atom is -0.100 e. The summed E-state index contributed by atoms with van der Waals surface area (Å²) in [7, 11) is 0. The summed E-state index contributed by atoms with van der Waals surface area (Å²) in [6, 6.07) is 0. The molecule has 0 aliphatic heterocycles. The van der Waals surface area contributed by atoms with Gasteiger partial charge < -0.3 is 0 Å². The fourth-order valence-electron chi connectivity index (χ4n) is 8.95. The zero-order valence-corrected chi connectivity index (χ0v) is 26.3. The lowest BCUT2D eigenvalue weighted by atomic mass is 9.44. The lowest BCUT2D eigenvalue weighted by Crippen LogP contribution is -2.53.